The number of carbonyl (C=O) groups excluding carboxylic acids is 3. The second-order valence-electron chi connectivity index (χ2n) is 7.51. The molecule has 3 N–H and O–H groups in total. The lowest BCUT2D eigenvalue weighted by Crippen LogP contribution is -2.51. The molecule has 0 saturated carbocycles. The molecule has 2 atom stereocenters. The van der Waals surface area contributed by atoms with Crippen LogP contribution in [0.3, 0.4) is 0 Å². The fourth-order valence-electron chi connectivity index (χ4n) is 3.95. The summed E-state index contributed by atoms with van der Waals surface area (Å²) >= 11 is 0. The van der Waals surface area contributed by atoms with Gasteiger partial charge in [-0.05, 0) is 18.4 Å². The van der Waals surface area contributed by atoms with Gasteiger partial charge < -0.3 is 10.0 Å². The van der Waals surface area contributed by atoms with E-state index in [1.807, 2.05) is 37.3 Å². The number of unbranched alkanes of at least 4 members (excludes halogenated alkanes) is 1. The van der Waals surface area contributed by atoms with Gasteiger partial charge in [-0.1, -0.05) is 80.4 Å². The second-order valence-corrected chi connectivity index (χ2v) is 7.51. The van der Waals surface area contributed by atoms with Crippen molar-refractivity contribution >= 4 is 23.4 Å². The highest BCUT2D eigenvalue weighted by molar-refractivity contribution is 6.47. The number of amides is 2. The number of hydrogen-bond acceptors (Lipinski definition) is 5. The maximum absolute atomic E-state index is 13.0. The van der Waals surface area contributed by atoms with Gasteiger partial charge in [-0.3, -0.25) is 19.6 Å². The van der Waals surface area contributed by atoms with Crippen LogP contribution in [0.2, 0.25) is 0 Å². The molecule has 0 aromatic heterocycles. The monoisotopic (exact) mass is 422 g/mol. The van der Waals surface area contributed by atoms with Crippen LogP contribution in [0.15, 0.2) is 66.2 Å². The lowest BCUT2D eigenvalue weighted by molar-refractivity contribution is -0.147. The molecule has 2 amide bonds. The Balaban J connectivity index is 2.13. The summed E-state index contributed by atoms with van der Waals surface area (Å²) in [5.74, 6) is -2.73. The summed E-state index contributed by atoms with van der Waals surface area (Å²) in [6, 6.07) is 15.9. The number of benzene rings is 2. The van der Waals surface area contributed by atoms with Gasteiger partial charge in [0.05, 0.1) is 11.6 Å². The maximum Gasteiger partial charge on any atom is 0.296 e. The van der Waals surface area contributed by atoms with E-state index in [1.165, 1.54) is 4.90 Å². The van der Waals surface area contributed by atoms with E-state index in [9.17, 15) is 24.7 Å². The van der Waals surface area contributed by atoms with Crippen LogP contribution in [-0.4, -0.2) is 44.9 Å². The van der Waals surface area contributed by atoms with Gasteiger partial charge in [0.1, 0.15) is 11.8 Å². The molecule has 7 heteroatoms. The van der Waals surface area contributed by atoms with Crippen molar-refractivity contribution in [2.24, 2.45) is 0 Å². The molecule has 0 radical (unpaired) electrons. The summed E-state index contributed by atoms with van der Waals surface area (Å²) in [7, 11) is 0. The molecule has 1 aliphatic rings. The molecule has 2 aromatic carbocycles. The van der Waals surface area contributed by atoms with Gasteiger partial charge in [0.2, 0.25) is 0 Å². The van der Waals surface area contributed by atoms with Crippen molar-refractivity contribution in [1.82, 2.24) is 10.4 Å². The Kier molecular flexibility index (Phi) is 7.20. The number of likely N-dealkylation sites (tertiary alicyclic amines) is 1. The number of carbonyl (C=O) groups is 3. The van der Waals surface area contributed by atoms with Gasteiger partial charge in [0.15, 0.2) is 0 Å². The molecule has 0 bridgehead atoms. The Labute approximate surface area is 181 Å². The average Bonchev–Trinajstić information content (AvgIpc) is 3.04. The van der Waals surface area contributed by atoms with Crippen LogP contribution in [0.5, 0.6) is 0 Å². The predicted molar refractivity (Wildman–Crippen MR) is 115 cm³/mol. The molecule has 2 unspecified atom stereocenters. The normalized spacial score (nSPS) is 18.8. The molecule has 1 fully saturated rings. The van der Waals surface area contributed by atoms with E-state index in [2.05, 4.69) is 0 Å². The van der Waals surface area contributed by atoms with E-state index in [0.29, 0.717) is 12.0 Å². The van der Waals surface area contributed by atoms with Crippen molar-refractivity contribution in [2.45, 2.75) is 44.7 Å². The minimum atomic E-state index is -1.03. The number of hydrogen-bond donors (Lipinski definition) is 3. The molecule has 31 heavy (non-hydrogen) atoms. The molecule has 3 rings (SSSR count). The minimum absolute atomic E-state index is 0.0349. The van der Waals surface area contributed by atoms with Crippen molar-refractivity contribution in [1.29, 1.82) is 0 Å². The van der Waals surface area contributed by atoms with Gasteiger partial charge in [-0.15, -0.1) is 0 Å². The van der Waals surface area contributed by atoms with Crippen LogP contribution in [0.1, 0.15) is 37.3 Å². The predicted octanol–water partition coefficient (Wildman–Crippen LogP) is 3.04. The van der Waals surface area contributed by atoms with E-state index in [-0.39, 0.29) is 24.2 Å². The average molecular weight is 422 g/mol. The number of aliphatic hydroxyl groups is 1. The van der Waals surface area contributed by atoms with Crippen LogP contribution in [-0.2, 0) is 20.8 Å². The molecule has 2 aromatic rings. The first kappa shape index (κ1) is 22.2. The number of aliphatic hydroxyl groups excluding tert-OH is 1. The summed E-state index contributed by atoms with van der Waals surface area (Å²) in [4.78, 5) is 39.7. The van der Waals surface area contributed by atoms with Crippen LogP contribution in [0, 0.1) is 0 Å². The first-order valence-electron chi connectivity index (χ1n) is 10.3. The van der Waals surface area contributed by atoms with Crippen LogP contribution < -0.4 is 5.48 Å². The first-order chi connectivity index (χ1) is 15.0. The zero-order valence-corrected chi connectivity index (χ0v) is 17.3. The topological polar surface area (TPSA) is 107 Å². The molecule has 162 valence electrons. The van der Waals surface area contributed by atoms with Crippen molar-refractivity contribution in [3.05, 3.63) is 77.4 Å². The zero-order chi connectivity index (χ0) is 22.4. The van der Waals surface area contributed by atoms with E-state index in [0.717, 1.165) is 12.0 Å². The van der Waals surface area contributed by atoms with E-state index >= 15 is 0 Å². The Bertz CT molecular complexity index is 972. The SMILES string of the molecule is CCCCC(C(=O)NO)N1C(=O)C(=O)/C(=C(/O)c2ccccc2)C1Cc1ccccc1. The molecular weight excluding hydrogens is 396 g/mol. The van der Waals surface area contributed by atoms with Crippen molar-refractivity contribution < 1.29 is 24.7 Å². The lowest BCUT2D eigenvalue weighted by atomic mass is 9.94. The second kappa shape index (κ2) is 10.0. The van der Waals surface area contributed by atoms with Crippen molar-refractivity contribution in [3.8, 4) is 0 Å². The van der Waals surface area contributed by atoms with Gasteiger partial charge in [0.25, 0.3) is 17.6 Å². The number of ketones is 1. The third-order valence-electron chi connectivity index (χ3n) is 5.50. The third kappa shape index (κ3) is 4.67. The van der Waals surface area contributed by atoms with Gasteiger partial charge in [-0.2, -0.15) is 0 Å². The Morgan fingerprint density at radius 3 is 2.26 bits per heavy atom. The molecule has 0 aliphatic carbocycles. The van der Waals surface area contributed by atoms with Gasteiger partial charge in [0, 0.05) is 5.56 Å². The van der Waals surface area contributed by atoms with Crippen LogP contribution in [0.25, 0.3) is 5.76 Å². The molecule has 0 spiro atoms. The fourth-order valence-corrected chi connectivity index (χ4v) is 3.95. The van der Waals surface area contributed by atoms with E-state index < -0.39 is 29.7 Å². The minimum Gasteiger partial charge on any atom is -0.507 e. The van der Waals surface area contributed by atoms with E-state index in [1.54, 1.807) is 35.8 Å². The number of nitrogens with one attached hydrogen (secondary N) is 1. The Hall–Kier alpha value is -3.45. The van der Waals surface area contributed by atoms with Crippen LogP contribution in [0.4, 0.5) is 0 Å². The molecular formula is C24H26N2O5. The summed E-state index contributed by atoms with van der Waals surface area (Å²) in [6.07, 6.45) is 1.92. The quantitative estimate of drug-likeness (QED) is 0.199. The highest BCUT2D eigenvalue weighted by Gasteiger charge is 2.49. The Morgan fingerprint density at radius 1 is 1.06 bits per heavy atom. The molecule has 1 heterocycles. The molecule has 1 saturated heterocycles. The first-order valence-corrected chi connectivity index (χ1v) is 10.3. The highest BCUT2D eigenvalue weighted by Crippen LogP contribution is 2.33. The zero-order valence-electron chi connectivity index (χ0n) is 17.3. The summed E-state index contributed by atoms with van der Waals surface area (Å²) in [5, 5.41) is 20.2. The van der Waals surface area contributed by atoms with Crippen molar-refractivity contribution in [3.63, 3.8) is 0 Å². The van der Waals surface area contributed by atoms with Crippen LogP contribution >= 0.6 is 0 Å². The Morgan fingerprint density at radius 2 is 1.68 bits per heavy atom. The van der Waals surface area contributed by atoms with Gasteiger partial charge >= 0.3 is 0 Å². The summed E-state index contributed by atoms with van der Waals surface area (Å²) in [6.45, 7) is 1.94. The number of Topliss-reactive ketones (excluding diaryl/α,β-unsaturated/α-hetero) is 1. The fraction of sp³-hybridized carbons (Fsp3) is 0.292. The highest BCUT2D eigenvalue weighted by atomic mass is 16.5. The smallest absolute Gasteiger partial charge is 0.296 e. The third-order valence-corrected chi connectivity index (χ3v) is 5.50. The van der Waals surface area contributed by atoms with E-state index in [4.69, 9.17) is 0 Å². The van der Waals surface area contributed by atoms with Crippen molar-refractivity contribution in [2.75, 3.05) is 0 Å². The number of rotatable bonds is 8. The molecule has 7 nitrogen and oxygen atoms in total. The van der Waals surface area contributed by atoms with Gasteiger partial charge in [-0.25, -0.2) is 5.48 Å². The maximum atomic E-state index is 13.0. The molecule has 1 aliphatic heterocycles. The number of nitrogens with zero attached hydrogens (tertiary/aromatic N) is 1. The summed E-state index contributed by atoms with van der Waals surface area (Å²) in [5.41, 5.74) is 2.85. The largest absolute Gasteiger partial charge is 0.507 e. The summed E-state index contributed by atoms with van der Waals surface area (Å²) < 4.78 is 0. The lowest BCUT2D eigenvalue weighted by Gasteiger charge is -2.31. The number of hydroxylamine groups is 1. The standard InChI is InChI=1S/C24H26N2O5/c1-2-3-14-18(23(29)25-31)26-19(15-16-10-6-4-7-11-16)20(22(28)24(26)30)21(27)17-12-8-5-9-13-17/h4-13,18-19,27,31H,2-3,14-15H2,1H3,(H,25,29)/b21-20+.